The van der Waals surface area contributed by atoms with Crippen molar-refractivity contribution in [3.8, 4) is 0 Å². The summed E-state index contributed by atoms with van der Waals surface area (Å²) in [5.74, 6) is -1.27. The summed E-state index contributed by atoms with van der Waals surface area (Å²) >= 11 is 7.54. The summed E-state index contributed by atoms with van der Waals surface area (Å²) < 4.78 is 13.1. The minimum absolute atomic E-state index is 0.0241. The number of carboxylic acid groups (broad SMARTS) is 1. The van der Waals surface area contributed by atoms with Crippen LogP contribution in [0.3, 0.4) is 0 Å². The highest BCUT2D eigenvalue weighted by atomic mass is 35.5. The molecule has 2 aromatic rings. The van der Waals surface area contributed by atoms with Crippen LogP contribution in [0.2, 0.25) is 5.02 Å². The molecule has 1 aromatic carbocycles. The van der Waals surface area contributed by atoms with Gasteiger partial charge in [0, 0.05) is 15.9 Å². The molecule has 21 heavy (non-hydrogen) atoms. The van der Waals surface area contributed by atoms with Crippen molar-refractivity contribution in [2.75, 3.05) is 0 Å². The zero-order chi connectivity index (χ0) is 15.4. The molecule has 0 saturated carbocycles. The van der Waals surface area contributed by atoms with Crippen molar-refractivity contribution in [3.63, 3.8) is 0 Å². The van der Waals surface area contributed by atoms with Crippen molar-refractivity contribution in [3.05, 3.63) is 57.0 Å². The Morgan fingerprint density at radius 1 is 1.48 bits per heavy atom. The van der Waals surface area contributed by atoms with Crippen LogP contribution in [0.1, 0.15) is 35.9 Å². The number of thiophene rings is 1. The molecule has 1 heterocycles. The monoisotopic (exact) mass is 327 g/mol. The Labute approximate surface area is 131 Å². The molecule has 112 valence electrons. The van der Waals surface area contributed by atoms with E-state index in [-0.39, 0.29) is 18.5 Å². The molecule has 0 aliphatic rings. The number of hydrogen-bond acceptors (Lipinski definition) is 3. The third-order valence-corrected chi connectivity index (χ3v) is 4.46. The van der Waals surface area contributed by atoms with E-state index in [1.807, 2.05) is 24.4 Å². The predicted octanol–water partition coefficient (Wildman–Crippen LogP) is 4.41. The second-order valence-electron chi connectivity index (χ2n) is 4.72. The number of carboxylic acids is 1. The minimum Gasteiger partial charge on any atom is -0.481 e. The standard InChI is InChI=1S/C15H15ClFNO2S/c1-9(11-5-4-10(17)7-12(11)16)18-13(8-15(19)20)14-3-2-6-21-14/h2-7,9,13,18H,8H2,1H3,(H,19,20). The van der Waals surface area contributed by atoms with Gasteiger partial charge in [-0.3, -0.25) is 4.79 Å². The zero-order valence-electron chi connectivity index (χ0n) is 11.3. The maximum Gasteiger partial charge on any atom is 0.305 e. The lowest BCUT2D eigenvalue weighted by Gasteiger charge is -2.22. The number of benzene rings is 1. The fourth-order valence-corrected chi connectivity index (χ4v) is 3.27. The second-order valence-corrected chi connectivity index (χ2v) is 6.11. The van der Waals surface area contributed by atoms with Crippen LogP contribution in [0, 0.1) is 5.82 Å². The van der Waals surface area contributed by atoms with Crippen LogP contribution in [0.5, 0.6) is 0 Å². The highest BCUT2D eigenvalue weighted by molar-refractivity contribution is 7.10. The second kappa shape index (κ2) is 7.02. The lowest BCUT2D eigenvalue weighted by Crippen LogP contribution is -2.26. The molecule has 6 heteroatoms. The van der Waals surface area contributed by atoms with E-state index >= 15 is 0 Å². The molecule has 2 atom stereocenters. The Hall–Kier alpha value is -1.43. The van der Waals surface area contributed by atoms with Gasteiger partial charge in [0.25, 0.3) is 0 Å². The molecule has 0 radical (unpaired) electrons. The van der Waals surface area contributed by atoms with Crippen LogP contribution < -0.4 is 5.32 Å². The summed E-state index contributed by atoms with van der Waals surface area (Å²) in [7, 11) is 0. The smallest absolute Gasteiger partial charge is 0.305 e. The number of nitrogens with one attached hydrogen (secondary N) is 1. The highest BCUT2D eigenvalue weighted by Crippen LogP contribution is 2.29. The summed E-state index contributed by atoms with van der Waals surface area (Å²) in [6.45, 7) is 1.88. The lowest BCUT2D eigenvalue weighted by atomic mass is 10.1. The van der Waals surface area contributed by atoms with Gasteiger partial charge < -0.3 is 10.4 Å². The van der Waals surface area contributed by atoms with Crippen molar-refractivity contribution in [1.82, 2.24) is 5.32 Å². The summed E-state index contributed by atoms with van der Waals surface area (Å²) in [6.07, 6.45) is -0.0241. The van der Waals surface area contributed by atoms with Crippen LogP contribution in [0.4, 0.5) is 4.39 Å². The van der Waals surface area contributed by atoms with Gasteiger partial charge >= 0.3 is 5.97 Å². The van der Waals surface area contributed by atoms with Gasteiger partial charge in [-0.2, -0.15) is 0 Å². The molecule has 0 aliphatic carbocycles. The van der Waals surface area contributed by atoms with Crippen molar-refractivity contribution in [2.24, 2.45) is 0 Å². The number of halogens is 2. The SMILES string of the molecule is CC(NC(CC(=O)O)c1cccs1)c1ccc(F)cc1Cl. The number of aliphatic carboxylic acids is 1. The van der Waals surface area contributed by atoms with Gasteiger partial charge in [0.05, 0.1) is 12.5 Å². The molecule has 0 fully saturated rings. The maximum absolute atomic E-state index is 13.1. The van der Waals surface area contributed by atoms with Gasteiger partial charge in [-0.25, -0.2) is 4.39 Å². The normalized spacial score (nSPS) is 13.9. The van der Waals surface area contributed by atoms with Gasteiger partial charge in [0.1, 0.15) is 5.82 Å². The maximum atomic E-state index is 13.1. The molecule has 2 rings (SSSR count). The van der Waals surface area contributed by atoms with Crippen LogP contribution in [0.15, 0.2) is 35.7 Å². The van der Waals surface area contributed by atoms with E-state index in [9.17, 15) is 9.18 Å². The summed E-state index contributed by atoms with van der Waals surface area (Å²) in [4.78, 5) is 12.0. The molecule has 0 aliphatic heterocycles. The van der Waals surface area contributed by atoms with Crippen molar-refractivity contribution in [2.45, 2.75) is 25.4 Å². The number of carbonyl (C=O) groups is 1. The molecular formula is C15H15ClFNO2S. The van der Waals surface area contributed by atoms with Crippen LogP contribution in [-0.2, 0) is 4.79 Å². The van der Waals surface area contributed by atoms with E-state index in [0.29, 0.717) is 5.02 Å². The molecule has 3 nitrogen and oxygen atoms in total. The highest BCUT2D eigenvalue weighted by Gasteiger charge is 2.20. The van der Waals surface area contributed by atoms with E-state index in [1.165, 1.54) is 23.5 Å². The molecule has 0 saturated heterocycles. The van der Waals surface area contributed by atoms with Crippen molar-refractivity contribution in [1.29, 1.82) is 0 Å². The van der Waals surface area contributed by atoms with Crippen LogP contribution in [-0.4, -0.2) is 11.1 Å². The third-order valence-electron chi connectivity index (χ3n) is 3.15. The molecule has 0 spiro atoms. The van der Waals surface area contributed by atoms with E-state index in [1.54, 1.807) is 6.07 Å². The fraction of sp³-hybridized carbons (Fsp3) is 0.267. The third kappa shape index (κ3) is 4.27. The molecule has 1 aromatic heterocycles. The molecular weight excluding hydrogens is 313 g/mol. The first-order valence-corrected chi connectivity index (χ1v) is 7.69. The van der Waals surface area contributed by atoms with E-state index in [2.05, 4.69) is 5.32 Å². The van der Waals surface area contributed by atoms with Crippen LogP contribution in [0.25, 0.3) is 0 Å². The summed E-state index contributed by atoms with van der Waals surface area (Å²) in [6, 6.07) is 7.49. The number of rotatable bonds is 6. The van der Waals surface area contributed by atoms with Crippen LogP contribution >= 0.6 is 22.9 Å². The van der Waals surface area contributed by atoms with Crippen molar-refractivity contribution >= 4 is 28.9 Å². The number of hydrogen-bond donors (Lipinski definition) is 2. The van der Waals surface area contributed by atoms with Gasteiger partial charge in [0.15, 0.2) is 0 Å². The fourth-order valence-electron chi connectivity index (χ4n) is 2.15. The first kappa shape index (κ1) is 15.9. The Kier molecular flexibility index (Phi) is 5.33. The largest absolute Gasteiger partial charge is 0.481 e. The Morgan fingerprint density at radius 3 is 2.81 bits per heavy atom. The molecule has 0 bridgehead atoms. The van der Waals surface area contributed by atoms with E-state index in [0.717, 1.165) is 10.4 Å². The lowest BCUT2D eigenvalue weighted by molar-refractivity contribution is -0.137. The topological polar surface area (TPSA) is 49.3 Å². The predicted molar refractivity (Wildman–Crippen MR) is 82.3 cm³/mol. The van der Waals surface area contributed by atoms with E-state index < -0.39 is 11.8 Å². The summed E-state index contributed by atoms with van der Waals surface area (Å²) in [5, 5.41) is 14.5. The van der Waals surface area contributed by atoms with Gasteiger partial charge in [-0.15, -0.1) is 11.3 Å². The first-order valence-electron chi connectivity index (χ1n) is 6.43. The Morgan fingerprint density at radius 2 is 2.24 bits per heavy atom. The minimum atomic E-state index is -0.877. The van der Waals surface area contributed by atoms with Gasteiger partial charge in [-0.05, 0) is 36.1 Å². The average molecular weight is 328 g/mol. The Balaban J connectivity index is 2.17. The van der Waals surface area contributed by atoms with Gasteiger partial charge in [-0.1, -0.05) is 23.7 Å². The molecule has 0 amide bonds. The first-order chi connectivity index (χ1) is 9.97. The summed E-state index contributed by atoms with van der Waals surface area (Å²) in [5.41, 5.74) is 0.741. The Bertz CT molecular complexity index is 618. The zero-order valence-corrected chi connectivity index (χ0v) is 12.9. The molecule has 2 unspecified atom stereocenters. The average Bonchev–Trinajstić information content (AvgIpc) is 2.90. The van der Waals surface area contributed by atoms with Gasteiger partial charge in [0.2, 0.25) is 0 Å². The molecule has 2 N–H and O–H groups in total. The van der Waals surface area contributed by atoms with E-state index in [4.69, 9.17) is 16.7 Å². The van der Waals surface area contributed by atoms with Crippen molar-refractivity contribution < 1.29 is 14.3 Å². The quantitative estimate of drug-likeness (QED) is 0.826.